The molecule has 0 saturated heterocycles. The van der Waals surface area contributed by atoms with Gasteiger partial charge in [-0.1, -0.05) is 0 Å². The molecule has 0 aliphatic heterocycles. The molecule has 0 aliphatic carbocycles. The fraction of sp³-hybridized carbons (Fsp3) is 1.00. The van der Waals surface area contributed by atoms with Crippen molar-refractivity contribution < 1.29 is 0 Å². The molecule has 0 atom stereocenters. The summed E-state index contributed by atoms with van der Waals surface area (Å²) >= 11 is 4.17. The zero-order chi connectivity index (χ0) is 17.2. The second-order valence-corrected chi connectivity index (χ2v) is 41.4. The Labute approximate surface area is 161 Å². The quantitative estimate of drug-likeness (QED) is 0.403. The van der Waals surface area contributed by atoms with Crippen molar-refractivity contribution in [2.24, 2.45) is 0 Å². The minimum absolute atomic E-state index is 0.812. The van der Waals surface area contributed by atoms with E-state index in [1.807, 2.05) is 0 Å². The maximum absolute atomic E-state index is 2.49. The van der Waals surface area contributed by atoms with Crippen molar-refractivity contribution in [1.29, 1.82) is 0 Å². The van der Waals surface area contributed by atoms with Crippen LogP contribution in [-0.2, 0) is 0 Å². The van der Waals surface area contributed by atoms with Gasteiger partial charge in [-0.05, 0) is 0 Å². The summed E-state index contributed by atoms with van der Waals surface area (Å²) in [5.41, 5.74) is 0. The summed E-state index contributed by atoms with van der Waals surface area (Å²) in [5.74, 6) is 0. The molecule has 120 valence electrons. The van der Waals surface area contributed by atoms with Crippen LogP contribution >= 0.6 is 0 Å². The van der Waals surface area contributed by atoms with Gasteiger partial charge in [0.05, 0.1) is 0 Å². The van der Waals surface area contributed by atoms with Crippen LogP contribution in [0.1, 0.15) is 0 Å². The Morgan fingerprint density at radius 3 is 0.500 bits per heavy atom. The van der Waals surface area contributed by atoms with Crippen molar-refractivity contribution in [1.82, 2.24) is 0 Å². The summed E-state index contributed by atoms with van der Waals surface area (Å²) in [7, 11) is -3.25. The number of rotatable bonds is 4. The van der Waals surface area contributed by atoms with Crippen LogP contribution in [0.5, 0.6) is 0 Å². The summed E-state index contributed by atoms with van der Waals surface area (Å²) in [6.45, 7) is 29.9. The topological polar surface area (TPSA) is 0 Å². The van der Waals surface area contributed by atoms with E-state index in [-0.39, 0.29) is 0 Å². The molecule has 0 aromatic carbocycles. The van der Waals surface area contributed by atoms with Gasteiger partial charge in [0.2, 0.25) is 0 Å². The monoisotopic (exact) mass is 560 g/mol. The van der Waals surface area contributed by atoms with E-state index in [4.69, 9.17) is 0 Å². The Morgan fingerprint density at radius 1 is 0.400 bits per heavy atom. The van der Waals surface area contributed by atoms with Gasteiger partial charge in [-0.25, -0.2) is 0 Å². The molecule has 0 unspecified atom stereocenters. The summed E-state index contributed by atoms with van der Waals surface area (Å²) in [5, 5.41) is 0. The summed E-state index contributed by atoms with van der Waals surface area (Å²) in [6.07, 6.45) is 0. The van der Waals surface area contributed by atoms with Gasteiger partial charge in [0.25, 0.3) is 0 Å². The van der Waals surface area contributed by atoms with E-state index in [9.17, 15) is 0 Å². The predicted molar refractivity (Wildman–Crippen MR) is 112 cm³/mol. The molecule has 0 bridgehead atoms. The SMILES string of the molecule is C[Si](C)(C)[CH]([Sb])[Si](C)(C)C.C[Si](C)(C)[CH]([Sb])[Si](C)(C)C. The molecule has 0 aromatic heterocycles. The van der Waals surface area contributed by atoms with Gasteiger partial charge >= 0.3 is 163 Å². The van der Waals surface area contributed by atoms with Crippen LogP contribution in [0.15, 0.2) is 0 Å². The molecule has 6 heteroatoms. The first-order chi connectivity index (χ1) is 8.31. The van der Waals surface area contributed by atoms with Crippen molar-refractivity contribution in [3.8, 4) is 0 Å². The van der Waals surface area contributed by atoms with Crippen molar-refractivity contribution in [3.63, 3.8) is 0 Å². The van der Waals surface area contributed by atoms with E-state index in [1.165, 1.54) is 0 Å². The van der Waals surface area contributed by atoms with Gasteiger partial charge in [-0.2, -0.15) is 0 Å². The number of hydrogen-bond donors (Lipinski definition) is 0. The third-order valence-corrected chi connectivity index (χ3v) is 46.8. The van der Waals surface area contributed by atoms with Crippen molar-refractivity contribution >= 4 is 78.3 Å². The molecule has 0 fully saturated rings. The number of hydrogen-bond acceptors (Lipinski definition) is 0. The Kier molecular flexibility index (Phi) is 10.6. The second-order valence-electron chi connectivity index (χ2n) is 10.3. The van der Waals surface area contributed by atoms with Crippen LogP contribution in [0.25, 0.3) is 0 Å². The average Bonchev–Trinajstić information content (AvgIpc) is 2.10. The zero-order valence-corrected chi connectivity index (χ0v) is 25.2. The summed E-state index contributed by atoms with van der Waals surface area (Å²) in [4.78, 5) is 0. The standard InChI is InChI=1S/2C7H19Si2.2Sb/c2*1-8(2,3)7-9(4,5)6;;/h2*7H,1-6H3;;. The second kappa shape index (κ2) is 8.56. The van der Waals surface area contributed by atoms with Gasteiger partial charge in [0.15, 0.2) is 0 Å². The van der Waals surface area contributed by atoms with Crippen LogP contribution < -0.4 is 0 Å². The van der Waals surface area contributed by atoms with Crippen molar-refractivity contribution in [2.45, 2.75) is 84.8 Å². The molecule has 0 saturated carbocycles. The molecule has 0 amide bonds. The van der Waals surface area contributed by atoms with Gasteiger partial charge in [-0.15, -0.1) is 0 Å². The van der Waals surface area contributed by atoms with E-state index in [2.05, 4.69) is 125 Å². The van der Waals surface area contributed by atoms with Crippen molar-refractivity contribution in [2.75, 3.05) is 0 Å². The van der Waals surface area contributed by atoms with E-state index in [0.29, 0.717) is 0 Å². The Morgan fingerprint density at radius 2 is 0.500 bits per heavy atom. The third-order valence-electron chi connectivity index (χ3n) is 3.28. The fourth-order valence-corrected chi connectivity index (χ4v) is 23.4. The molecule has 0 rings (SSSR count). The average molecular weight is 562 g/mol. The minimum atomic E-state index is -0.812. The zero-order valence-electron chi connectivity index (χ0n) is 16.0. The first-order valence-electron chi connectivity index (χ1n) is 7.67. The van der Waals surface area contributed by atoms with Gasteiger partial charge < -0.3 is 0 Å². The van der Waals surface area contributed by atoms with Gasteiger partial charge in [0, 0.05) is 0 Å². The Balaban J connectivity index is 0. The van der Waals surface area contributed by atoms with Crippen molar-refractivity contribution in [3.05, 3.63) is 0 Å². The third kappa shape index (κ3) is 11.1. The fourth-order valence-electron chi connectivity index (χ4n) is 2.60. The Bertz CT molecular complexity index is 222. The molecule has 0 spiro atoms. The maximum atomic E-state index is 2.49. The molecule has 0 aromatic rings. The van der Waals surface area contributed by atoms with E-state index in [0.717, 1.165) is 6.22 Å². The molecule has 0 N–H and O–H groups in total. The van der Waals surface area contributed by atoms with Gasteiger partial charge in [0.1, 0.15) is 0 Å². The Hall–Kier alpha value is 2.50. The van der Waals surface area contributed by atoms with Crippen LogP contribution in [0.4, 0.5) is 0 Å². The van der Waals surface area contributed by atoms with E-state index < -0.39 is 32.3 Å². The molecule has 0 aliphatic rings. The van der Waals surface area contributed by atoms with Crippen LogP contribution in [0.3, 0.4) is 0 Å². The molecule has 0 nitrogen and oxygen atoms in total. The van der Waals surface area contributed by atoms with E-state index in [1.54, 1.807) is 0 Å². The molecular formula is C14H38Sb2Si4. The van der Waals surface area contributed by atoms with Crippen LogP contribution in [0, 0.1) is 0 Å². The molecule has 4 radical (unpaired) electrons. The van der Waals surface area contributed by atoms with E-state index >= 15 is 0 Å². The van der Waals surface area contributed by atoms with Crippen LogP contribution in [-0.4, -0.2) is 78.3 Å². The first kappa shape index (κ1) is 24.8. The molecular weight excluding hydrogens is 524 g/mol. The normalized spacial score (nSPS) is 14.4. The molecule has 0 heterocycles. The first-order valence-corrected chi connectivity index (χ1v) is 24.9. The van der Waals surface area contributed by atoms with Gasteiger partial charge in [-0.3, -0.25) is 0 Å². The summed E-state index contributed by atoms with van der Waals surface area (Å²) < 4.78 is 2.18. The predicted octanol–water partition coefficient (Wildman–Crippen LogP) is 5.40. The summed E-state index contributed by atoms with van der Waals surface area (Å²) in [6, 6.07) is 0. The molecule has 20 heavy (non-hydrogen) atoms. The van der Waals surface area contributed by atoms with Crippen LogP contribution in [0.2, 0.25) is 84.8 Å².